The summed E-state index contributed by atoms with van der Waals surface area (Å²) >= 11 is 0. The van der Waals surface area contributed by atoms with Crippen LogP contribution in [0.2, 0.25) is 0 Å². The quantitative estimate of drug-likeness (QED) is 0.424. The highest BCUT2D eigenvalue weighted by Gasteiger charge is 2.44. The van der Waals surface area contributed by atoms with Gasteiger partial charge in [0.05, 0.1) is 6.42 Å². The highest BCUT2D eigenvalue weighted by molar-refractivity contribution is 5.97. The van der Waals surface area contributed by atoms with Gasteiger partial charge < -0.3 is 10.1 Å². The van der Waals surface area contributed by atoms with Crippen LogP contribution in [-0.4, -0.2) is 35.2 Å². The van der Waals surface area contributed by atoms with Crippen molar-refractivity contribution in [3.63, 3.8) is 0 Å². The predicted octanol–water partition coefficient (Wildman–Crippen LogP) is 3.22. The van der Waals surface area contributed by atoms with E-state index < -0.39 is 34.7 Å². The van der Waals surface area contributed by atoms with Crippen LogP contribution in [0.4, 0.5) is 5.69 Å². The zero-order valence-electron chi connectivity index (χ0n) is 16.9. The number of nitrogens with zero attached hydrogens (tertiary/aromatic N) is 1. The average molecular weight is 412 g/mol. The molecule has 4 atom stereocenters. The van der Waals surface area contributed by atoms with Gasteiger partial charge in [-0.1, -0.05) is 37.3 Å². The second-order valence-electron chi connectivity index (χ2n) is 7.82. The van der Waals surface area contributed by atoms with E-state index >= 15 is 0 Å². The van der Waals surface area contributed by atoms with E-state index in [1.165, 1.54) is 6.92 Å². The number of ketones is 1. The minimum absolute atomic E-state index is 0.158. The van der Waals surface area contributed by atoms with Crippen LogP contribution in [-0.2, 0) is 19.1 Å². The summed E-state index contributed by atoms with van der Waals surface area (Å²) in [5.74, 6) is -2.77. The Hall–Kier alpha value is -3.29. The number of rotatable bonds is 7. The highest BCUT2D eigenvalue weighted by Crippen LogP contribution is 2.36. The first kappa shape index (κ1) is 21.4. The van der Waals surface area contributed by atoms with Crippen LogP contribution in [0.1, 0.15) is 26.7 Å². The zero-order chi connectivity index (χ0) is 21.8. The SMILES string of the molecule is C[C@H](OC(=O)C[C@H]1C(=O)C[C@@H](C)[C@H]1C[N+](=O)[O-])C(=O)Nc1ccc2ccccc2c1. The summed E-state index contributed by atoms with van der Waals surface area (Å²) in [6.45, 7) is 2.86. The molecule has 8 heteroatoms. The summed E-state index contributed by atoms with van der Waals surface area (Å²) in [5, 5.41) is 15.6. The van der Waals surface area contributed by atoms with E-state index in [-0.39, 0.29) is 31.1 Å². The minimum atomic E-state index is -1.06. The Morgan fingerprint density at radius 3 is 2.63 bits per heavy atom. The largest absolute Gasteiger partial charge is 0.453 e. The molecule has 0 spiro atoms. The van der Waals surface area contributed by atoms with Crippen molar-refractivity contribution in [3.8, 4) is 0 Å². The van der Waals surface area contributed by atoms with Crippen molar-refractivity contribution in [1.29, 1.82) is 0 Å². The third kappa shape index (κ3) is 5.00. The number of ether oxygens (including phenoxy) is 1. The summed E-state index contributed by atoms with van der Waals surface area (Å²) in [6, 6.07) is 13.2. The molecule has 0 saturated heterocycles. The van der Waals surface area contributed by atoms with Crippen molar-refractivity contribution < 1.29 is 24.0 Å². The van der Waals surface area contributed by atoms with Gasteiger partial charge in [0, 0.05) is 28.9 Å². The zero-order valence-corrected chi connectivity index (χ0v) is 16.9. The van der Waals surface area contributed by atoms with E-state index in [1.807, 2.05) is 36.4 Å². The molecule has 2 aromatic rings. The second-order valence-corrected chi connectivity index (χ2v) is 7.82. The van der Waals surface area contributed by atoms with Gasteiger partial charge in [-0.15, -0.1) is 0 Å². The third-order valence-electron chi connectivity index (χ3n) is 5.63. The van der Waals surface area contributed by atoms with Gasteiger partial charge in [0.25, 0.3) is 5.91 Å². The van der Waals surface area contributed by atoms with Crippen molar-refractivity contribution >= 4 is 34.1 Å². The van der Waals surface area contributed by atoms with E-state index in [9.17, 15) is 24.5 Å². The van der Waals surface area contributed by atoms with Gasteiger partial charge in [0.15, 0.2) is 6.10 Å². The Balaban J connectivity index is 1.58. The smallest absolute Gasteiger partial charge is 0.307 e. The lowest BCUT2D eigenvalue weighted by Gasteiger charge is -2.18. The summed E-state index contributed by atoms with van der Waals surface area (Å²) in [5.41, 5.74) is 0.576. The van der Waals surface area contributed by atoms with E-state index in [4.69, 9.17) is 4.74 Å². The fourth-order valence-corrected chi connectivity index (χ4v) is 3.99. The number of carbonyl (C=O) groups excluding carboxylic acids is 3. The van der Waals surface area contributed by atoms with Crippen LogP contribution >= 0.6 is 0 Å². The minimum Gasteiger partial charge on any atom is -0.453 e. The molecular weight excluding hydrogens is 388 g/mol. The molecule has 1 N–H and O–H groups in total. The Kier molecular flexibility index (Phi) is 6.44. The van der Waals surface area contributed by atoms with Gasteiger partial charge in [0.2, 0.25) is 6.54 Å². The maximum atomic E-state index is 12.4. The van der Waals surface area contributed by atoms with Crippen molar-refractivity contribution in [2.24, 2.45) is 17.8 Å². The molecule has 8 nitrogen and oxygen atoms in total. The Morgan fingerprint density at radius 1 is 1.23 bits per heavy atom. The van der Waals surface area contributed by atoms with E-state index in [2.05, 4.69) is 5.32 Å². The molecule has 0 radical (unpaired) electrons. The molecule has 1 amide bonds. The van der Waals surface area contributed by atoms with Crippen LogP contribution in [0.5, 0.6) is 0 Å². The number of nitro groups is 1. The Morgan fingerprint density at radius 2 is 1.93 bits per heavy atom. The van der Waals surface area contributed by atoms with Crippen LogP contribution in [0.25, 0.3) is 10.8 Å². The van der Waals surface area contributed by atoms with Crippen LogP contribution < -0.4 is 5.32 Å². The summed E-state index contributed by atoms with van der Waals surface area (Å²) in [6.07, 6.45) is -1.10. The fourth-order valence-electron chi connectivity index (χ4n) is 3.99. The first-order valence-corrected chi connectivity index (χ1v) is 9.88. The number of hydrogen-bond donors (Lipinski definition) is 1. The molecule has 0 aliphatic heterocycles. The molecular formula is C22H24N2O6. The molecule has 0 unspecified atom stereocenters. The van der Waals surface area contributed by atoms with Crippen molar-refractivity contribution in [3.05, 3.63) is 52.6 Å². The second kappa shape index (κ2) is 9.02. The van der Waals surface area contributed by atoms with Gasteiger partial charge in [-0.25, -0.2) is 0 Å². The molecule has 30 heavy (non-hydrogen) atoms. The number of amides is 1. The number of carbonyl (C=O) groups is 3. The first-order chi connectivity index (χ1) is 14.2. The number of fused-ring (bicyclic) bond motifs is 1. The molecule has 0 heterocycles. The third-order valence-corrected chi connectivity index (χ3v) is 5.63. The van der Waals surface area contributed by atoms with E-state index in [0.717, 1.165) is 10.8 Å². The molecule has 3 rings (SSSR count). The molecule has 2 aromatic carbocycles. The lowest BCUT2D eigenvalue weighted by Crippen LogP contribution is -2.32. The summed E-state index contributed by atoms with van der Waals surface area (Å²) in [4.78, 5) is 47.3. The van der Waals surface area contributed by atoms with Gasteiger partial charge in [-0.05, 0) is 35.7 Å². The molecule has 1 aliphatic rings. The van der Waals surface area contributed by atoms with Gasteiger partial charge >= 0.3 is 5.97 Å². The number of Topliss-reactive ketones (excluding diaryl/α,β-unsaturated/α-hetero) is 1. The number of hydrogen-bond acceptors (Lipinski definition) is 6. The number of anilines is 1. The summed E-state index contributed by atoms with van der Waals surface area (Å²) < 4.78 is 5.20. The van der Waals surface area contributed by atoms with Gasteiger partial charge in [0.1, 0.15) is 5.78 Å². The lowest BCUT2D eigenvalue weighted by atomic mass is 9.88. The maximum absolute atomic E-state index is 12.4. The summed E-state index contributed by atoms with van der Waals surface area (Å²) in [7, 11) is 0. The topological polar surface area (TPSA) is 116 Å². The van der Waals surface area contributed by atoms with Crippen molar-refractivity contribution in [2.45, 2.75) is 32.8 Å². The molecule has 1 saturated carbocycles. The van der Waals surface area contributed by atoms with Gasteiger partial charge in [-0.3, -0.25) is 24.5 Å². The van der Waals surface area contributed by atoms with Crippen molar-refractivity contribution in [1.82, 2.24) is 0 Å². The molecule has 0 bridgehead atoms. The average Bonchev–Trinajstić information content (AvgIpc) is 2.94. The van der Waals surface area contributed by atoms with Crippen LogP contribution in [0.15, 0.2) is 42.5 Å². The maximum Gasteiger partial charge on any atom is 0.307 e. The predicted molar refractivity (Wildman–Crippen MR) is 110 cm³/mol. The normalized spacial score (nSPS) is 21.9. The monoisotopic (exact) mass is 412 g/mol. The first-order valence-electron chi connectivity index (χ1n) is 9.88. The van der Waals surface area contributed by atoms with E-state index in [0.29, 0.717) is 5.69 Å². The Labute approximate surface area is 173 Å². The molecule has 1 fully saturated rings. The van der Waals surface area contributed by atoms with E-state index in [1.54, 1.807) is 13.0 Å². The number of nitrogens with one attached hydrogen (secondary N) is 1. The fraction of sp³-hybridized carbons (Fsp3) is 0.409. The van der Waals surface area contributed by atoms with Crippen LogP contribution in [0.3, 0.4) is 0 Å². The highest BCUT2D eigenvalue weighted by atomic mass is 16.6. The molecule has 1 aliphatic carbocycles. The number of esters is 1. The van der Waals surface area contributed by atoms with Crippen LogP contribution in [0, 0.1) is 27.9 Å². The number of benzene rings is 2. The molecule has 0 aromatic heterocycles. The lowest BCUT2D eigenvalue weighted by molar-refractivity contribution is -0.490. The Bertz CT molecular complexity index is 989. The standard InChI is InChI=1S/C22H24N2O6/c1-13-9-20(25)18(19(13)12-24(28)29)11-21(26)30-14(2)22(27)23-17-8-7-15-5-3-4-6-16(15)10-17/h3-8,10,13-14,18-19H,9,11-12H2,1-2H3,(H,23,27)/t13-,14+,18-,19-/m1/s1. The van der Waals surface area contributed by atoms with Gasteiger partial charge in [-0.2, -0.15) is 0 Å². The molecule has 158 valence electrons. The van der Waals surface area contributed by atoms with Crippen molar-refractivity contribution in [2.75, 3.05) is 11.9 Å².